The molecule has 0 bridgehead atoms. The van der Waals surface area contributed by atoms with Crippen LogP contribution in [0.15, 0.2) is 40.5 Å². The van der Waals surface area contributed by atoms with Crippen molar-refractivity contribution in [2.24, 2.45) is 4.99 Å². The van der Waals surface area contributed by atoms with Crippen molar-refractivity contribution in [2.75, 3.05) is 14.1 Å². The highest BCUT2D eigenvalue weighted by atomic mass is 35.5. The second-order valence-corrected chi connectivity index (χ2v) is 7.11. The van der Waals surface area contributed by atoms with Crippen LogP contribution >= 0.6 is 34.9 Å². The highest BCUT2D eigenvalue weighted by Gasteiger charge is 2.12. The third-order valence-corrected chi connectivity index (χ3v) is 5.17. The Bertz CT molecular complexity index is 648. The molecule has 0 radical (unpaired) electrons. The van der Waals surface area contributed by atoms with E-state index in [4.69, 9.17) is 11.6 Å². The number of halogens is 1. The second-order valence-electron chi connectivity index (χ2n) is 4.91. The van der Waals surface area contributed by atoms with Gasteiger partial charge in [-0.25, -0.2) is 0 Å². The molecular weight excluding hydrogens is 334 g/mol. The zero-order valence-electron chi connectivity index (χ0n) is 12.6. The minimum Gasteiger partial charge on any atom is -0.383 e. The first-order valence-electron chi connectivity index (χ1n) is 6.73. The van der Waals surface area contributed by atoms with Gasteiger partial charge in [0.1, 0.15) is 5.03 Å². The Morgan fingerprint density at radius 1 is 1.36 bits per heavy atom. The highest BCUT2D eigenvalue weighted by Crippen LogP contribution is 2.31. The largest absolute Gasteiger partial charge is 0.383 e. The summed E-state index contributed by atoms with van der Waals surface area (Å²) in [5.74, 6) is 0.863. The SMILES string of the molecule is C=NCc1c(SCc2ccc(Cl)cc2)nsc1/C=C/N(C)C. The van der Waals surface area contributed by atoms with Crippen molar-refractivity contribution in [3.05, 3.63) is 51.5 Å². The Balaban J connectivity index is 2.12. The van der Waals surface area contributed by atoms with Crippen LogP contribution in [-0.2, 0) is 12.3 Å². The van der Waals surface area contributed by atoms with Crippen LogP contribution < -0.4 is 0 Å². The van der Waals surface area contributed by atoms with Crippen molar-refractivity contribution in [2.45, 2.75) is 17.3 Å². The van der Waals surface area contributed by atoms with E-state index in [-0.39, 0.29) is 0 Å². The summed E-state index contributed by atoms with van der Waals surface area (Å²) in [5, 5.41) is 1.79. The molecule has 0 fully saturated rings. The molecule has 22 heavy (non-hydrogen) atoms. The molecule has 0 saturated carbocycles. The summed E-state index contributed by atoms with van der Waals surface area (Å²) in [5.41, 5.74) is 2.38. The van der Waals surface area contributed by atoms with E-state index >= 15 is 0 Å². The van der Waals surface area contributed by atoms with Gasteiger partial charge in [-0.1, -0.05) is 23.7 Å². The quantitative estimate of drug-likeness (QED) is 0.528. The van der Waals surface area contributed by atoms with Gasteiger partial charge in [-0.15, -0.1) is 11.8 Å². The Kier molecular flexibility index (Phi) is 6.49. The summed E-state index contributed by atoms with van der Waals surface area (Å²) >= 11 is 9.13. The second kappa shape index (κ2) is 8.36. The van der Waals surface area contributed by atoms with Gasteiger partial charge in [0.15, 0.2) is 0 Å². The van der Waals surface area contributed by atoms with E-state index in [9.17, 15) is 0 Å². The third-order valence-electron chi connectivity index (χ3n) is 2.87. The predicted octanol–water partition coefficient (Wildman–Crippen LogP) is 4.82. The average Bonchev–Trinajstić information content (AvgIpc) is 2.87. The van der Waals surface area contributed by atoms with Crippen molar-refractivity contribution >= 4 is 47.7 Å². The van der Waals surface area contributed by atoms with Gasteiger partial charge in [-0.05, 0) is 48.2 Å². The number of benzene rings is 1. The first-order valence-corrected chi connectivity index (χ1v) is 8.86. The molecule has 3 nitrogen and oxygen atoms in total. The lowest BCUT2D eigenvalue weighted by Crippen LogP contribution is -1.99. The van der Waals surface area contributed by atoms with Gasteiger partial charge >= 0.3 is 0 Å². The number of hydrogen-bond acceptors (Lipinski definition) is 5. The molecule has 0 spiro atoms. The van der Waals surface area contributed by atoms with Gasteiger partial charge in [0, 0.05) is 30.4 Å². The standard InChI is InChI=1S/C16H18ClN3S2/c1-18-10-14-15(8-9-20(2)3)22-19-16(14)21-11-12-4-6-13(17)7-5-12/h4-9H,1,10-11H2,2-3H3/b9-8+. The predicted molar refractivity (Wildman–Crippen MR) is 99.1 cm³/mol. The lowest BCUT2D eigenvalue weighted by Gasteiger charge is -2.04. The number of aliphatic imine (C=N–C) groups is 1. The Morgan fingerprint density at radius 3 is 2.73 bits per heavy atom. The van der Waals surface area contributed by atoms with Crippen LogP contribution in [-0.4, -0.2) is 30.1 Å². The van der Waals surface area contributed by atoms with Gasteiger partial charge in [0.25, 0.3) is 0 Å². The molecule has 0 amide bonds. The molecule has 0 saturated heterocycles. The maximum Gasteiger partial charge on any atom is 0.116 e. The van der Waals surface area contributed by atoms with E-state index in [1.165, 1.54) is 17.1 Å². The van der Waals surface area contributed by atoms with Crippen LogP contribution in [0.3, 0.4) is 0 Å². The van der Waals surface area contributed by atoms with E-state index in [1.54, 1.807) is 11.8 Å². The molecule has 2 aromatic rings. The summed E-state index contributed by atoms with van der Waals surface area (Å²) in [4.78, 5) is 7.18. The summed E-state index contributed by atoms with van der Waals surface area (Å²) in [6.07, 6.45) is 4.10. The molecule has 1 heterocycles. The Hall–Kier alpha value is -1.30. The third kappa shape index (κ3) is 4.87. The van der Waals surface area contributed by atoms with Crippen molar-refractivity contribution in [3.8, 4) is 0 Å². The number of hydrogen-bond donors (Lipinski definition) is 0. The summed E-state index contributed by atoms with van der Waals surface area (Å²) in [7, 11) is 4.00. The fraction of sp³-hybridized carbons (Fsp3) is 0.250. The minimum atomic E-state index is 0.590. The molecule has 0 aliphatic rings. The van der Waals surface area contributed by atoms with Crippen LogP contribution in [0.25, 0.3) is 6.08 Å². The zero-order chi connectivity index (χ0) is 15.9. The fourth-order valence-electron chi connectivity index (χ4n) is 1.76. The first kappa shape index (κ1) is 17.1. The van der Waals surface area contributed by atoms with Crippen molar-refractivity contribution < 1.29 is 0 Å². The highest BCUT2D eigenvalue weighted by molar-refractivity contribution is 7.98. The zero-order valence-corrected chi connectivity index (χ0v) is 15.0. The molecule has 116 valence electrons. The topological polar surface area (TPSA) is 28.5 Å². The molecular formula is C16H18ClN3S2. The lowest BCUT2D eigenvalue weighted by molar-refractivity contribution is 0.567. The van der Waals surface area contributed by atoms with Crippen molar-refractivity contribution in [1.29, 1.82) is 0 Å². The first-order chi connectivity index (χ1) is 10.6. The Morgan fingerprint density at radius 2 is 2.09 bits per heavy atom. The number of rotatable bonds is 7. The van der Waals surface area contributed by atoms with Crippen LogP contribution in [0.5, 0.6) is 0 Å². The molecule has 0 aliphatic heterocycles. The van der Waals surface area contributed by atoms with Gasteiger partial charge in [-0.3, -0.25) is 4.99 Å². The maximum absolute atomic E-state index is 5.91. The van der Waals surface area contributed by atoms with Gasteiger partial charge in [0.05, 0.1) is 11.4 Å². The van der Waals surface area contributed by atoms with Crippen molar-refractivity contribution in [1.82, 2.24) is 9.27 Å². The lowest BCUT2D eigenvalue weighted by atomic mass is 10.2. The number of aromatic nitrogens is 1. The van der Waals surface area contributed by atoms with Crippen molar-refractivity contribution in [3.63, 3.8) is 0 Å². The molecule has 2 rings (SSSR count). The van der Waals surface area contributed by atoms with Crippen LogP contribution in [0.2, 0.25) is 5.02 Å². The van der Waals surface area contributed by atoms with Crippen LogP contribution in [0.1, 0.15) is 16.0 Å². The smallest absolute Gasteiger partial charge is 0.116 e. The van der Waals surface area contributed by atoms with Gasteiger partial charge in [0.2, 0.25) is 0 Å². The van der Waals surface area contributed by atoms with E-state index in [1.807, 2.05) is 49.5 Å². The molecule has 1 aromatic carbocycles. The summed E-state index contributed by atoms with van der Waals surface area (Å²) in [6, 6.07) is 7.91. The molecule has 0 aliphatic carbocycles. The van der Waals surface area contributed by atoms with E-state index in [2.05, 4.69) is 22.2 Å². The van der Waals surface area contributed by atoms with Gasteiger partial charge < -0.3 is 4.90 Å². The van der Waals surface area contributed by atoms with E-state index in [0.29, 0.717) is 6.54 Å². The summed E-state index contributed by atoms with van der Waals surface area (Å²) < 4.78 is 4.57. The van der Waals surface area contributed by atoms with Crippen LogP contribution in [0, 0.1) is 0 Å². The monoisotopic (exact) mass is 351 g/mol. The van der Waals surface area contributed by atoms with Crippen LogP contribution in [0.4, 0.5) is 0 Å². The number of nitrogens with zero attached hydrogens (tertiary/aromatic N) is 3. The fourth-order valence-corrected chi connectivity index (χ4v) is 3.80. The number of thioether (sulfide) groups is 1. The molecule has 0 N–H and O–H groups in total. The minimum absolute atomic E-state index is 0.590. The molecule has 0 atom stereocenters. The van der Waals surface area contributed by atoms with Gasteiger partial charge in [-0.2, -0.15) is 4.37 Å². The van der Waals surface area contributed by atoms with E-state index in [0.717, 1.165) is 26.2 Å². The molecule has 0 unspecified atom stereocenters. The average molecular weight is 352 g/mol. The van der Waals surface area contributed by atoms with E-state index < -0.39 is 0 Å². The molecule has 6 heteroatoms. The maximum atomic E-state index is 5.91. The summed E-state index contributed by atoms with van der Waals surface area (Å²) in [6.45, 7) is 4.20. The normalized spacial score (nSPS) is 11.0. The molecule has 1 aromatic heterocycles. The Labute approximate surface area is 144 Å².